The third-order valence-electron chi connectivity index (χ3n) is 4.28. The Labute approximate surface area is 134 Å². The first kappa shape index (κ1) is 16.7. The summed E-state index contributed by atoms with van der Waals surface area (Å²) in [6, 6.07) is 5.62. The molecule has 2 heterocycles. The van der Waals surface area contributed by atoms with Crippen LogP contribution in [0.3, 0.4) is 0 Å². The van der Waals surface area contributed by atoms with Gasteiger partial charge in [-0.3, -0.25) is 4.90 Å². The smallest absolute Gasteiger partial charge is 0.0440 e. The van der Waals surface area contributed by atoms with Crippen molar-refractivity contribution in [3.8, 4) is 0 Å². The molecule has 0 radical (unpaired) electrons. The predicted octanol–water partition coefficient (Wildman–Crippen LogP) is 4.47. The molecule has 0 bridgehead atoms. The first-order valence-corrected chi connectivity index (χ1v) is 9.09. The van der Waals surface area contributed by atoms with E-state index in [2.05, 4.69) is 61.5 Å². The van der Waals surface area contributed by atoms with Gasteiger partial charge in [0.1, 0.15) is 0 Å². The van der Waals surface area contributed by atoms with E-state index in [4.69, 9.17) is 0 Å². The van der Waals surface area contributed by atoms with Crippen molar-refractivity contribution in [2.45, 2.75) is 52.6 Å². The van der Waals surface area contributed by atoms with E-state index in [1.807, 2.05) is 11.3 Å². The van der Waals surface area contributed by atoms with E-state index in [0.717, 1.165) is 6.54 Å². The van der Waals surface area contributed by atoms with Crippen LogP contribution in [0.5, 0.6) is 0 Å². The van der Waals surface area contributed by atoms with Gasteiger partial charge in [-0.05, 0) is 57.1 Å². The summed E-state index contributed by atoms with van der Waals surface area (Å²) in [6.07, 6.45) is 4.88. The Morgan fingerprint density at radius 2 is 2.10 bits per heavy atom. The molecule has 1 saturated heterocycles. The molecule has 1 atom stereocenters. The molecular weight excluding hydrogens is 276 g/mol. The topological polar surface area (TPSA) is 15.3 Å². The molecule has 2 nitrogen and oxygen atoms in total. The highest BCUT2D eigenvalue weighted by Gasteiger charge is 2.24. The van der Waals surface area contributed by atoms with E-state index in [1.165, 1.54) is 36.4 Å². The summed E-state index contributed by atoms with van der Waals surface area (Å²) in [5, 5.41) is 6.10. The largest absolute Gasteiger partial charge is 0.306 e. The van der Waals surface area contributed by atoms with Crippen LogP contribution in [0, 0.1) is 5.92 Å². The molecule has 0 aliphatic carbocycles. The van der Waals surface area contributed by atoms with Gasteiger partial charge >= 0.3 is 0 Å². The van der Waals surface area contributed by atoms with Crippen molar-refractivity contribution < 1.29 is 0 Å². The standard InChI is InChI=1S/C18H30N2S/c1-14(2)7-10-20-11-8-16(9-12-20)19-18(15(3)4)17-6-5-13-21-17/h5-7,13,15-16,18-19H,8-12H2,1-4H3. The molecule has 0 aromatic carbocycles. The molecule has 2 rings (SSSR count). The van der Waals surface area contributed by atoms with Gasteiger partial charge in [0.25, 0.3) is 0 Å². The lowest BCUT2D eigenvalue weighted by Crippen LogP contribution is -2.44. The van der Waals surface area contributed by atoms with Crippen LogP contribution in [0.25, 0.3) is 0 Å². The maximum absolute atomic E-state index is 3.91. The SMILES string of the molecule is CC(C)=CCN1CCC(NC(c2cccs2)C(C)C)CC1. The van der Waals surface area contributed by atoms with Gasteiger partial charge in [0, 0.05) is 23.5 Å². The van der Waals surface area contributed by atoms with Crippen LogP contribution >= 0.6 is 11.3 Å². The van der Waals surface area contributed by atoms with Crippen LogP contribution in [0.2, 0.25) is 0 Å². The monoisotopic (exact) mass is 306 g/mol. The predicted molar refractivity (Wildman–Crippen MR) is 93.9 cm³/mol. The van der Waals surface area contributed by atoms with Crippen molar-refractivity contribution in [3.05, 3.63) is 34.0 Å². The Balaban J connectivity index is 1.83. The van der Waals surface area contributed by atoms with Crippen LogP contribution < -0.4 is 5.32 Å². The van der Waals surface area contributed by atoms with Crippen molar-refractivity contribution in [2.24, 2.45) is 5.92 Å². The molecule has 1 aromatic rings. The van der Waals surface area contributed by atoms with Gasteiger partial charge in [0.2, 0.25) is 0 Å². The first-order chi connectivity index (χ1) is 10.1. The number of nitrogens with zero attached hydrogens (tertiary/aromatic N) is 1. The second-order valence-electron chi connectivity index (χ2n) is 6.76. The second kappa shape index (κ2) is 8.11. The summed E-state index contributed by atoms with van der Waals surface area (Å²) >= 11 is 1.88. The number of rotatable bonds is 6. The highest BCUT2D eigenvalue weighted by molar-refractivity contribution is 7.10. The van der Waals surface area contributed by atoms with Crippen molar-refractivity contribution in [3.63, 3.8) is 0 Å². The zero-order valence-electron chi connectivity index (χ0n) is 13.9. The zero-order chi connectivity index (χ0) is 15.2. The lowest BCUT2D eigenvalue weighted by atomic mass is 9.98. The molecule has 1 unspecified atom stereocenters. The van der Waals surface area contributed by atoms with E-state index in [9.17, 15) is 0 Å². The maximum atomic E-state index is 3.91. The molecule has 1 aromatic heterocycles. The quantitative estimate of drug-likeness (QED) is 0.780. The van der Waals surface area contributed by atoms with E-state index >= 15 is 0 Å². The van der Waals surface area contributed by atoms with Gasteiger partial charge in [0.05, 0.1) is 0 Å². The van der Waals surface area contributed by atoms with E-state index in [0.29, 0.717) is 18.0 Å². The zero-order valence-corrected chi connectivity index (χ0v) is 14.7. The van der Waals surface area contributed by atoms with Crippen LogP contribution in [0.1, 0.15) is 51.5 Å². The summed E-state index contributed by atoms with van der Waals surface area (Å²) in [4.78, 5) is 4.05. The first-order valence-electron chi connectivity index (χ1n) is 8.21. The Hall–Kier alpha value is -0.640. The van der Waals surface area contributed by atoms with Crippen molar-refractivity contribution in [1.29, 1.82) is 0 Å². The molecule has 1 fully saturated rings. The van der Waals surface area contributed by atoms with Gasteiger partial charge in [-0.25, -0.2) is 0 Å². The van der Waals surface area contributed by atoms with Crippen LogP contribution in [0.4, 0.5) is 0 Å². The molecular formula is C18H30N2S. The van der Waals surface area contributed by atoms with Crippen LogP contribution in [-0.2, 0) is 0 Å². The molecule has 118 valence electrons. The molecule has 1 aliphatic rings. The molecule has 0 spiro atoms. The highest BCUT2D eigenvalue weighted by Crippen LogP contribution is 2.27. The lowest BCUT2D eigenvalue weighted by molar-refractivity contribution is 0.199. The van der Waals surface area contributed by atoms with Crippen molar-refractivity contribution >= 4 is 11.3 Å². The minimum atomic E-state index is 0.513. The van der Waals surface area contributed by atoms with Gasteiger partial charge in [0.15, 0.2) is 0 Å². The molecule has 3 heteroatoms. The number of allylic oxidation sites excluding steroid dienone is 1. The molecule has 1 aliphatic heterocycles. The summed E-state index contributed by atoms with van der Waals surface area (Å²) in [7, 11) is 0. The summed E-state index contributed by atoms with van der Waals surface area (Å²) in [5.74, 6) is 0.646. The van der Waals surface area contributed by atoms with Crippen molar-refractivity contribution in [1.82, 2.24) is 10.2 Å². The number of thiophene rings is 1. The highest BCUT2D eigenvalue weighted by atomic mass is 32.1. The summed E-state index contributed by atoms with van der Waals surface area (Å²) in [5.41, 5.74) is 1.42. The van der Waals surface area contributed by atoms with Gasteiger partial charge in [-0.1, -0.05) is 31.6 Å². The summed E-state index contributed by atoms with van der Waals surface area (Å²) < 4.78 is 0. The second-order valence-corrected chi connectivity index (χ2v) is 7.74. The fourth-order valence-electron chi connectivity index (χ4n) is 2.92. The average molecular weight is 307 g/mol. The number of likely N-dealkylation sites (tertiary alicyclic amines) is 1. The summed E-state index contributed by atoms with van der Waals surface area (Å²) in [6.45, 7) is 12.6. The molecule has 21 heavy (non-hydrogen) atoms. The number of hydrogen-bond donors (Lipinski definition) is 1. The Morgan fingerprint density at radius 3 is 2.62 bits per heavy atom. The Kier molecular flexibility index (Phi) is 6.46. The fraction of sp³-hybridized carbons (Fsp3) is 0.667. The van der Waals surface area contributed by atoms with E-state index in [-0.39, 0.29) is 0 Å². The van der Waals surface area contributed by atoms with E-state index < -0.39 is 0 Å². The number of nitrogens with one attached hydrogen (secondary N) is 1. The van der Waals surface area contributed by atoms with E-state index in [1.54, 1.807) is 0 Å². The third-order valence-corrected chi connectivity index (χ3v) is 5.23. The lowest BCUT2D eigenvalue weighted by Gasteiger charge is -2.35. The van der Waals surface area contributed by atoms with Crippen molar-refractivity contribution in [2.75, 3.05) is 19.6 Å². The minimum Gasteiger partial charge on any atom is -0.306 e. The number of hydrogen-bond acceptors (Lipinski definition) is 3. The minimum absolute atomic E-state index is 0.513. The van der Waals surface area contributed by atoms with Crippen LogP contribution in [0.15, 0.2) is 29.2 Å². The normalized spacial score (nSPS) is 18.9. The molecule has 0 saturated carbocycles. The Bertz CT molecular complexity index is 424. The van der Waals surface area contributed by atoms with Gasteiger partial charge < -0.3 is 5.32 Å². The fourth-order valence-corrected chi connectivity index (χ4v) is 3.88. The third kappa shape index (κ3) is 5.24. The number of piperidine rings is 1. The van der Waals surface area contributed by atoms with Crippen LogP contribution in [-0.4, -0.2) is 30.6 Å². The Morgan fingerprint density at radius 1 is 1.38 bits per heavy atom. The average Bonchev–Trinajstić information content (AvgIpc) is 2.97. The maximum Gasteiger partial charge on any atom is 0.0440 e. The van der Waals surface area contributed by atoms with Gasteiger partial charge in [-0.15, -0.1) is 11.3 Å². The molecule has 1 N–H and O–H groups in total. The van der Waals surface area contributed by atoms with Gasteiger partial charge in [-0.2, -0.15) is 0 Å². The molecule has 0 amide bonds.